The first-order valence-electron chi connectivity index (χ1n) is 4.44. The van der Waals surface area contributed by atoms with Gasteiger partial charge in [0.2, 0.25) is 0 Å². The van der Waals surface area contributed by atoms with Gasteiger partial charge in [0.15, 0.2) is 0 Å². The molecule has 0 bridgehead atoms. The first-order chi connectivity index (χ1) is 6.38. The van der Waals surface area contributed by atoms with Gasteiger partial charge in [-0.1, -0.05) is 0 Å². The molecule has 0 aliphatic heterocycles. The molecule has 0 radical (unpaired) electrons. The van der Waals surface area contributed by atoms with Crippen molar-refractivity contribution in [1.29, 1.82) is 0 Å². The topological polar surface area (TPSA) is 60.2 Å². The number of nitrogens with zero attached hydrogens (tertiary/aromatic N) is 1. The largest absolute Gasteiger partial charge is 0.492 e. The van der Waals surface area contributed by atoms with Gasteiger partial charge < -0.3 is 10.2 Å². The Hall–Kier alpha value is -1.29. The number of hydrogen-bond acceptors (Lipinski definition) is 4. The third kappa shape index (κ3) is 2.32. The molecule has 0 aromatic carbocycles. The van der Waals surface area contributed by atoms with Gasteiger partial charge in [0, 0.05) is 0 Å². The second-order valence-corrected chi connectivity index (χ2v) is 3.28. The summed E-state index contributed by atoms with van der Waals surface area (Å²) in [6.07, 6.45) is 4.28. The maximum Gasteiger partial charge on any atom is 0.140 e. The van der Waals surface area contributed by atoms with E-state index in [1.165, 1.54) is 12.8 Å². The highest BCUT2D eigenvalue weighted by molar-refractivity contribution is 5.35. The van der Waals surface area contributed by atoms with Crippen molar-refractivity contribution < 1.29 is 4.74 Å². The molecule has 1 fully saturated rings. The first kappa shape index (κ1) is 8.31. The monoisotopic (exact) mass is 179 g/mol. The zero-order valence-corrected chi connectivity index (χ0v) is 7.36. The van der Waals surface area contributed by atoms with Crippen LogP contribution in [0.2, 0.25) is 0 Å². The lowest BCUT2D eigenvalue weighted by Gasteiger charge is -2.04. The molecule has 4 nitrogen and oxygen atoms in total. The quantitative estimate of drug-likeness (QED) is 0.537. The maximum atomic E-state index is 5.50. The molecule has 1 aromatic rings. The van der Waals surface area contributed by atoms with Gasteiger partial charge in [-0.25, -0.2) is 10.8 Å². The van der Waals surface area contributed by atoms with Crippen LogP contribution in [0, 0.1) is 5.92 Å². The number of nitrogen functional groups attached to an aromatic ring is 1. The average molecular weight is 179 g/mol. The van der Waals surface area contributed by atoms with E-state index in [0.29, 0.717) is 5.82 Å². The molecule has 2 rings (SSSR count). The molecule has 1 aromatic heterocycles. The van der Waals surface area contributed by atoms with Gasteiger partial charge in [-0.2, -0.15) is 0 Å². The van der Waals surface area contributed by atoms with Crippen LogP contribution >= 0.6 is 0 Å². The second-order valence-electron chi connectivity index (χ2n) is 3.28. The van der Waals surface area contributed by atoms with Crippen LogP contribution in [0.25, 0.3) is 0 Å². The Labute approximate surface area is 77.1 Å². The molecular formula is C9H13N3O. The molecule has 13 heavy (non-hydrogen) atoms. The van der Waals surface area contributed by atoms with Gasteiger partial charge in [0.05, 0.1) is 12.8 Å². The van der Waals surface area contributed by atoms with Crippen LogP contribution < -0.4 is 16.0 Å². The Kier molecular flexibility index (Phi) is 2.31. The molecule has 0 amide bonds. The van der Waals surface area contributed by atoms with E-state index in [2.05, 4.69) is 10.4 Å². The van der Waals surface area contributed by atoms with Gasteiger partial charge in [0.25, 0.3) is 0 Å². The number of nitrogens with one attached hydrogen (secondary N) is 1. The lowest BCUT2D eigenvalue weighted by atomic mass is 10.4. The fourth-order valence-electron chi connectivity index (χ4n) is 1.05. The minimum absolute atomic E-state index is 0.652. The predicted octanol–water partition coefficient (Wildman–Crippen LogP) is 1.16. The average Bonchev–Trinajstić information content (AvgIpc) is 2.99. The molecule has 0 atom stereocenters. The highest BCUT2D eigenvalue weighted by Crippen LogP contribution is 2.29. The summed E-state index contributed by atoms with van der Waals surface area (Å²) < 4.78 is 5.50. The highest BCUT2D eigenvalue weighted by atomic mass is 16.5. The number of pyridine rings is 1. The summed E-state index contributed by atoms with van der Waals surface area (Å²) in [6.45, 7) is 0.817. The van der Waals surface area contributed by atoms with Crippen molar-refractivity contribution in [3.63, 3.8) is 0 Å². The van der Waals surface area contributed by atoms with Crippen LogP contribution in [0.1, 0.15) is 12.8 Å². The maximum absolute atomic E-state index is 5.50. The third-order valence-corrected chi connectivity index (χ3v) is 2.07. The minimum atomic E-state index is 0.652. The number of hydrazine groups is 1. The van der Waals surface area contributed by atoms with Crippen molar-refractivity contribution in [3.8, 4) is 5.75 Å². The van der Waals surface area contributed by atoms with Gasteiger partial charge in [-0.05, 0) is 30.9 Å². The van der Waals surface area contributed by atoms with Crippen molar-refractivity contribution in [2.24, 2.45) is 11.8 Å². The smallest absolute Gasteiger partial charge is 0.140 e. The van der Waals surface area contributed by atoms with E-state index in [0.717, 1.165) is 18.3 Å². The lowest BCUT2D eigenvalue weighted by Crippen LogP contribution is -2.08. The zero-order valence-electron chi connectivity index (χ0n) is 7.36. The molecule has 0 spiro atoms. The molecule has 1 aliphatic rings. The van der Waals surface area contributed by atoms with Crippen molar-refractivity contribution in [2.75, 3.05) is 12.0 Å². The van der Waals surface area contributed by atoms with Gasteiger partial charge >= 0.3 is 0 Å². The Morgan fingerprint density at radius 2 is 2.38 bits per heavy atom. The van der Waals surface area contributed by atoms with Crippen LogP contribution in [0.15, 0.2) is 18.3 Å². The number of hydrogen-bond donors (Lipinski definition) is 2. The summed E-state index contributed by atoms with van der Waals surface area (Å²) in [5.41, 5.74) is 2.46. The lowest BCUT2D eigenvalue weighted by molar-refractivity contribution is 0.298. The van der Waals surface area contributed by atoms with Crippen LogP contribution in [0.3, 0.4) is 0 Å². The van der Waals surface area contributed by atoms with Crippen LogP contribution in [-0.4, -0.2) is 11.6 Å². The minimum Gasteiger partial charge on any atom is -0.492 e. The summed E-state index contributed by atoms with van der Waals surface area (Å²) in [4.78, 5) is 4.03. The van der Waals surface area contributed by atoms with Crippen LogP contribution in [0.4, 0.5) is 5.82 Å². The van der Waals surface area contributed by atoms with E-state index < -0.39 is 0 Å². The highest BCUT2D eigenvalue weighted by Gasteiger charge is 2.21. The number of ether oxygens (including phenoxy) is 1. The Morgan fingerprint density at radius 1 is 1.54 bits per heavy atom. The SMILES string of the molecule is NNc1ccc(OCC2CC2)cn1. The Balaban J connectivity index is 1.88. The molecule has 1 saturated carbocycles. The molecule has 1 heterocycles. The number of anilines is 1. The van der Waals surface area contributed by atoms with Crippen molar-refractivity contribution >= 4 is 5.82 Å². The Morgan fingerprint density at radius 3 is 2.92 bits per heavy atom. The molecule has 3 N–H and O–H groups in total. The van der Waals surface area contributed by atoms with Gasteiger partial charge in [-0.15, -0.1) is 0 Å². The summed E-state index contributed by atoms with van der Waals surface area (Å²) >= 11 is 0. The number of aromatic nitrogens is 1. The number of nitrogens with two attached hydrogens (primary N) is 1. The molecule has 70 valence electrons. The summed E-state index contributed by atoms with van der Waals surface area (Å²) in [5, 5.41) is 0. The van der Waals surface area contributed by atoms with E-state index in [4.69, 9.17) is 10.6 Å². The van der Waals surface area contributed by atoms with Gasteiger partial charge in [0.1, 0.15) is 11.6 Å². The van der Waals surface area contributed by atoms with E-state index in [-0.39, 0.29) is 0 Å². The summed E-state index contributed by atoms with van der Waals surface area (Å²) in [7, 11) is 0. The molecule has 4 heteroatoms. The molecule has 0 unspecified atom stereocenters. The fraction of sp³-hybridized carbons (Fsp3) is 0.444. The van der Waals surface area contributed by atoms with Crippen LogP contribution in [-0.2, 0) is 0 Å². The summed E-state index contributed by atoms with van der Waals surface area (Å²) in [6, 6.07) is 3.66. The summed E-state index contributed by atoms with van der Waals surface area (Å²) in [5.74, 6) is 7.41. The first-order valence-corrected chi connectivity index (χ1v) is 4.44. The van der Waals surface area contributed by atoms with Gasteiger partial charge in [-0.3, -0.25) is 0 Å². The van der Waals surface area contributed by atoms with E-state index in [1.54, 1.807) is 12.3 Å². The zero-order chi connectivity index (χ0) is 9.10. The molecule has 0 saturated heterocycles. The van der Waals surface area contributed by atoms with E-state index in [1.807, 2.05) is 6.07 Å². The van der Waals surface area contributed by atoms with Crippen molar-refractivity contribution in [3.05, 3.63) is 18.3 Å². The predicted molar refractivity (Wildman–Crippen MR) is 50.3 cm³/mol. The standard InChI is InChI=1S/C9H13N3O/c10-12-9-4-3-8(5-11-9)13-6-7-1-2-7/h3-5,7H,1-2,6,10H2,(H,11,12). The van der Waals surface area contributed by atoms with E-state index in [9.17, 15) is 0 Å². The third-order valence-electron chi connectivity index (χ3n) is 2.07. The van der Waals surface area contributed by atoms with Crippen molar-refractivity contribution in [1.82, 2.24) is 4.98 Å². The fourth-order valence-corrected chi connectivity index (χ4v) is 1.05. The number of rotatable bonds is 4. The molecule has 1 aliphatic carbocycles. The van der Waals surface area contributed by atoms with E-state index >= 15 is 0 Å². The second kappa shape index (κ2) is 3.62. The normalized spacial score (nSPS) is 15.5. The van der Waals surface area contributed by atoms with Crippen LogP contribution in [0.5, 0.6) is 5.75 Å². The Bertz CT molecular complexity index is 269. The molecular weight excluding hydrogens is 166 g/mol. The van der Waals surface area contributed by atoms with Crippen molar-refractivity contribution in [2.45, 2.75) is 12.8 Å².